The minimum absolute atomic E-state index is 0.155. The molecule has 0 aliphatic rings. The van der Waals surface area contributed by atoms with Gasteiger partial charge in [0.15, 0.2) is 0 Å². The Morgan fingerprint density at radius 1 is 0.963 bits per heavy atom. The number of benzene rings is 2. The maximum atomic E-state index is 10.9. The number of aryl methyl sites for hydroxylation is 1. The molecule has 0 aliphatic carbocycles. The van der Waals surface area contributed by atoms with Crippen molar-refractivity contribution in [2.45, 2.75) is 13.0 Å². The molecule has 2 aromatic heterocycles. The first-order valence-electron chi connectivity index (χ1n) is 8.63. The number of fused-ring (bicyclic) bond motifs is 1. The van der Waals surface area contributed by atoms with Gasteiger partial charge in [-0.25, -0.2) is 0 Å². The fraction of sp³-hybridized carbons (Fsp3) is 0.0909. The van der Waals surface area contributed by atoms with Gasteiger partial charge in [0.05, 0.1) is 11.7 Å². The Labute approximate surface area is 162 Å². The molecular formula is C22H18ClN3O. The van der Waals surface area contributed by atoms with E-state index in [0.717, 1.165) is 22.3 Å². The van der Waals surface area contributed by atoms with Crippen LogP contribution in [0.4, 0.5) is 5.69 Å². The highest BCUT2D eigenvalue weighted by molar-refractivity contribution is 6.30. The number of halogens is 1. The van der Waals surface area contributed by atoms with E-state index in [1.54, 1.807) is 12.4 Å². The van der Waals surface area contributed by atoms with Gasteiger partial charge in [0.2, 0.25) is 0 Å². The lowest BCUT2D eigenvalue weighted by Gasteiger charge is -2.22. The van der Waals surface area contributed by atoms with Crippen molar-refractivity contribution in [3.63, 3.8) is 0 Å². The fourth-order valence-corrected chi connectivity index (χ4v) is 3.41. The molecule has 0 radical (unpaired) electrons. The van der Waals surface area contributed by atoms with Crippen molar-refractivity contribution in [3.8, 4) is 5.75 Å². The Hall–Kier alpha value is -3.11. The number of nitrogens with one attached hydrogen (secondary N) is 1. The highest BCUT2D eigenvalue weighted by atomic mass is 35.5. The number of phenolic OH excluding ortho intramolecular Hbond substituents is 1. The molecule has 2 aromatic carbocycles. The molecule has 134 valence electrons. The first-order chi connectivity index (χ1) is 13.1. The molecule has 0 saturated heterocycles. The number of rotatable bonds is 4. The van der Waals surface area contributed by atoms with Gasteiger partial charge in [-0.3, -0.25) is 9.97 Å². The quantitative estimate of drug-likeness (QED) is 0.494. The lowest BCUT2D eigenvalue weighted by Crippen LogP contribution is -2.15. The summed E-state index contributed by atoms with van der Waals surface area (Å²) in [5, 5.41) is 16.0. The highest BCUT2D eigenvalue weighted by Crippen LogP contribution is 2.36. The molecule has 5 heteroatoms. The number of pyridine rings is 2. The summed E-state index contributed by atoms with van der Waals surface area (Å²) in [6, 6.07) is 18.7. The summed E-state index contributed by atoms with van der Waals surface area (Å²) in [4.78, 5) is 8.84. The highest BCUT2D eigenvalue weighted by Gasteiger charge is 2.21. The van der Waals surface area contributed by atoms with Gasteiger partial charge in [-0.2, -0.15) is 0 Å². The van der Waals surface area contributed by atoms with Crippen LogP contribution in [0.5, 0.6) is 5.75 Å². The van der Waals surface area contributed by atoms with Gasteiger partial charge in [0.1, 0.15) is 11.3 Å². The lowest BCUT2D eigenvalue weighted by molar-refractivity contribution is 0.471. The largest absolute Gasteiger partial charge is 0.505 e. The van der Waals surface area contributed by atoms with Crippen LogP contribution in [0.1, 0.15) is 22.9 Å². The Bertz CT molecular complexity index is 1100. The third-order valence-corrected chi connectivity index (χ3v) is 4.80. The molecule has 0 fully saturated rings. The minimum atomic E-state index is -0.336. The van der Waals surface area contributed by atoms with Crippen molar-refractivity contribution in [2.24, 2.45) is 0 Å². The molecule has 2 N–H and O–H groups in total. The van der Waals surface area contributed by atoms with Crippen LogP contribution in [-0.4, -0.2) is 15.1 Å². The van der Waals surface area contributed by atoms with Gasteiger partial charge in [0.25, 0.3) is 0 Å². The molecule has 4 nitrogen and oxygen atoms in total. The van der Waals surface area contributed by atoms with Gasteiger partial charge in [0, 0.05) is 34.1 Å². The van der Waals surface area contributed by atoms with Crippen molar-refractivity contribution in [1.82, 2.24) is 9.97 Å². The van der Waals surface area contributed by atoms with E-state index in [1.807, 2.05) is 67.6 Å². The van der Waals surface area contributed by atoms with E-state index in [1.165, 1.54) is 0 Å². The zero-order valence-electron chi connectivity index (χ0n) is 14.7. The zero-order valence-corrected chi connectivity index (χ0v) is 15.5. The third kappa shape index (κ3) is 3.44. The first-order valence-corrected chi connectivity index (χ1v) is 9.01. The molecule has 0 unspecified atom stereocenters. The predicted octanol–water partition coefficient (Wildman–Crippen LogP) is 5.50. The number of anilines is 1. The van der Waals surface area contributed by atoms with E-state index in [-0.39, 0.29) is 11.8 Å². The summed E-state index contributed by atoms with van der Waals surface area (Å²) in [5.41, 5.74) is 4.04. The molecule has 27 heavy (non-hydrogen) atoms. The molecule has 1 atom stereocenters. The van der Waals surface area contributed by atoms with Crippen LogP contribution in [0.3, 0.4) is 0 Å². The maximum Gasteiger partial charge on any atom is 0.147 e. The van der Waals surface area contributed by atoms with Crippen molar-refractivity contribution in [2.75, 3.05) is 5.32 Å². The number of hydrogen-bond donors (Lipinski definition) is 2. The normalized spacial score (nSPS) is 12.1. The number of aromatic hydroxyl groups is 1. The van der Waals surface area contributed by atoms with E-state index >= 15 is 0 Å². The number of aromatic nitrogens is 2. The van der Waals surface area contributed by atoms with Crippen molar-refractivity contribution >= 4 is 28.2 Å². The van der Waals surface area contributed by atoms with E-state index in [0.29, 0.717) is 16.1 Å². The SMILES string of the molecule is Cc1cc(Cl)ccc1N[C@@H](c1ccccn1)c1ccc2cccnc2c1O. The topological polar surface area (TPSA) is 58.0 Å². The van der Waals surface area contributed by atoms with Crippen LogP contribution >= 0.6 is 11.6 Å². The molecule has 2 heterocycles. The molecule has 0 saturated carbocycles. The van der Waals surface area contributed by atoms with Gasteiger partial charge < -0.3 is 10.4 Å². The Morgan fingerprint density at radius 2 is 1.81 bits per heavy atom. The van der Waals surface area contributed by atoms with Gasteiger partial charge in [-0.15, -0.1) is 0 Å². The minimum Gasteiger partial charge on any atom is -0.505 e. The Kier molecular flexibility index (Phi) is 4.65. The summed E-state index contributed by atoms with van der Waals surface area (Å²) in [5.74, 6) is 0.155. The lowest BCUT2D eigenvalue weighted by atomic mass is 9.99. The van der Waals surface area contributed by atoms with Crippen LogP contribution in [0.15, 0.2) is 73.1 Å². The van der Waals surface area contributed by atoms with E-state index in [2.05, 4.69) is 15.3 Å². The van der Waals surface area contributed by atoms with Crippen molar-refractivity contribution in [3.05, 3.63) is 94.9 Å². The van der Waals surface area contributed by atoms with Crippen LogP contribution < -0.4 is 5.32 Å². The monoisotopic (exact) mass is 375 g/mol. The molecule has 4 rings (SSSR count). The summed E-state index contributed by atoms with van der Waals surface area (Å²) >= 11 is 6.09. The summed E-state index contributed by atoms with van der Waals surface area (Å²) in [6.07, 6.45) is 3.42. The predicted molar refractivity (Wildman–Crippen MR) is 109 cm³/mol. The molecule has 4 aromatic rings. The Morgan fingerprint density at radius 3 is 2.59 bits per heavy atom. The second-order valence-electron chi connectivity index (χ2n) is 6.37. The van der Waals surface area contributed by atoms with Gasteiger partial charge in [-0.1, -0.05) is 35.9 Å². The number of hydrogen-bond acceptors (Lipinski definition) is 4. The average Bonchev–Trinajstić information content (AvgIpc) is 2.69. The second kappa shape index (κ2) is 7.25. The number of nitrogens with zero attached hydrogens (tertiary/aromatic N) is 2. The molecule has 0 amide bonds. The summed E-state index contributed by atoms with van der Waals surface area (Å²) < 4.78 is 0. The number of phenols is 1. The third-order valence-electron chi connectivity index (χ3n) is 4.56. The van der Waals surface area contributed by atoms with Crippen LogP contribution in [0.2, 0.25) is 5.02 Å². The van der Waals surface area contributed by atoms with Crippen LogP contribution in [-0.2, 0) is 0 Å². The van der Waals surface area contributed by atoms with E-state index < -0.39 is 0 Å². The van der Waals surface area contributed by atoms with Crippen molar-refractivity contribution < 1.29 is 5.11 Å². The van der Waals surface area contributed by atoms with Gasteiger partial charge in [-0.05, 0) is 48.9 Å². The smallest absolute Gasteiger partial charge is 0.147 e. The van der Waals surface area contributed by atoms with Gasteiger partial charge >= 0.3 is 0 Å². The standard InChI is InChI=1S/C22H18ClN3O/c1-14-13-16(23)8-10-18(14)26-21(19-6-2-3-11-24-19)17-9-7-15-5-4-12-25-20(15)22(17)27/h2-13,21,26-27H,1H3/t21-/m1/s1. The first kappa shape index (κ1) is 17.3. The van der Waals surface area contributed by atoms with E-state index in [4.69, 9.17) is 11.6 Å². The molecule has 0 bridgehead atoms. The summed E-state index contributed by atoms with van der Waals surface area (Å²) in [7, 11) is 0. The molecular weight excluding hydrogens is 358 g/mol. The maximum absolute atomic E-state index is 10.9. The fourth-order valence-electron chi connectivity index (χ4n) is 3.18. The molecule has 0 aliphatic heterocycles. The molecule has 0 spiro atoms. The van der Waals surface area contributed by atoms with Crippen molar-refractivity contribution in [1.29, 1.82) is 0 Å². The second-order valence-corrected chi connectivity index (χ2v) is 6.81. The van der Waals surface area contributed by atoms with Crippen LogP contribution in [0, 0.1) is 6.92 Å². The summed E-state index contributed by atoms with van der Waals surface area (Å²) in [6.45, 7) is 1.99. The van der Waals surface area contributed by atoms with Crippen LogP contribution in [0.25, 0.3) is 10.9 Å². The Balaban J connectivity index is 1.85. The van der Waals surface area contributed by atoms with E-state index in [9.17, 15) is 5.11 Å². The zero-order chi connectivity index (χ0) is 18.8. The average molecular weight is 376 g/mol.